The van der Waals surface area contributed by atoms with Gasteiger partial charge in [0.15, 0.2) is 0 Å². The molecule has 20 heavy (non-hydrogen) atoms. The number of benzene rings is 2. The smallest absolute Gasteiger partial charge is 0.137 e. The van der Waals surface area contributed by atoms with Crippen molar-refractivity contribution in [2.24, 2.45) is 0 Å². The quantitative estimate of drug-likeness (QED) is 0.629. The van der Waals surface area contributed by atoms with Gasteiger partial charge in [0.2, 0.25) is 0 Å². The molecule has 0 aliphatic carbocycles. The van der Waals surface area contributed by atoms with Crippen molar-refractivity contribution in [1.29, 1.82) is 0 Å². The first-order valence-corrected chi connectivity index (χ1v) is 8.40. The summed E-state index contributed by atoms with van der Waals surface area (Å²) in [4.78, 5) is 0. The molecule has 0 aromatic heterocycles. The molecule has 1 unspecified atom stereocenters. The monoisotopic (exact) mass is 447 g/mol. The van der Waals surface area contributed by atoms with Gasteiger partial charge in [-0.2, -0.15) is 0 Å². The van der Waals surface area contributed by atoms with Crippen molar-refractivity contribution in [3.05, 3.63) is 67.5 Å². The minimum absolute atomic E-state index is 0.102. The average molecular weight is 448 g/mol. The summed E-state index contributed by atoms with van der Waals surface area (Å²) < 4.78 is 15.5. The fourth-order valence-corrected chi connectivity index (χ4v) is 3.08. The van der Waals surface area contributed by atoms with Crippen LogP contribution >= 0.6 is 38.5 Å². The van der Waals surface area contributed by atoms with Crippen molar-refractivity contribution in [2.45, 2.75) is 19.4 Å². The molecule has 2 aromatic rings. The summed E-state index contributed by atoms with van der Waals surface area (Å²) >= 11 is 5.65. The molecule has 0 saturated carbocycles. The zero-order chi connectivity index (χ0) is 14.5. The topological polar surface area (TPSA) is 12.0 Å². The zero-order valence-electron chi connectivity index (χ0n) is 11.2. The Balaban J connectivity index is 2.26. The summed E-state index contributed by atoms with van der Waals surface area (Å²) in [7, 11) is 0. The number of nitrogens with one attached hydrogen (secondary N) is 1. The van der Waals surface area contributed by atoms with Crippen molar-refractivity contribution >= 4 is 38.5 Å². The molecule has 2 rings (SSSR count). The molecule has 0 spiro atoms. The first kappa shape index (κ1) is 15.9. The largest absolute Gasteiger partial charge is 0.310 e. The Labute approximate surface area is 141 Å². The van der Waals surface area contributed by atoms with Crippen molar-refractivity contribution in [3.63, 3.8) is 0 Å². The molecule has 0 radical (unpaired) electrons. The predicted molar refractivity (Wildman–Crippen MR) is 93.4 cm³/mol. The van der Waals surface area contributed by atoms with Crippen LogP contribution < -0.4 is 5.32 Å². The van der Waals surface area contributed by atoms with Crippen LogP contribution in [0.25, 0.3) is 0 Å². The van der Waals surface area contributed by atoms with E-state index in [9.17, 15) is 4.39 Å². The van der Waals surface area contributed by atoms with Crippen LogP contribution in [0.1, 0.15) is 24.1 Å². The Kier molecular flexibility index (Phi) is 5.99. The number of halogens is 3. The van der Waals surface area contributed by atoms with Gasteiger partial charge in [-0.15, -0.1) is 0 Å². The second-order valence-corrected chi connectivity index (χ2v) is 6.62. The minimum atomic E-state index is -0.215. The second kappa shape index (κ2) is 7.52. The third kappa shape index (κ3) is 4.02. The van der Waals surface area contributed by atoms with Crippen LogP contribution in [0.5, 0.6) is 0 Å². The van der Waals surface area contributed by atoms with E-state index in [0.29, 0.717) is 4.47 Å². The van der Waals surface area contributed by atoms with Crippen LogP contribution in [0, 0.1) is 9.39 Å². The highest BCUT2D eigenvalue weighted by Gasteiger charge is 2.16. The van der Waals surface area contributed by atoms with Gasteiger partial charge < -0.3 is 5.32 Å². The summed E-state index contributed by atoms with van der Waals surface area (Å²) in [5.74, 6) is -0.215. The van der Waals surface area contributed by atoms with Gasteiger partial charge in [-0.1, -0.05) is 31.2 Å². The Morgan fingerprint density at radius 3 is 2.55 bits per heavy atom. The summed E-state index contributed by atoms with van der Waals surface area (Å²) in [6.07, 6.45) is 0.840. The van der Waals surface area contributed by atoms with Crippen LogP contribution in [0.15, 0.2) is 46.9 Å². The van der Waals surface area contributed by atoms with Crippen LogP contribution in [0.4, 0.5) is 4.39 Å². The molecule has 1 nitrogen and oxygen atoms in total. The third-order valence-corrected chi connectivity index (χ3v) is 4.72. The molecule has 1 atom stereocenters. The van der Waals surface area contributed by atoms with E-state index in [1.165, 1.54) is 15.2 Å². The first-order chi connectivity index (χ1) is 9.61. The van der Waals surface area contributed by atoms with Crippen molar-refractivity contribution in [2.75, 3.05) is 6.54 Å². The van der Waals surface area contributed by atoms with E-state index in [0.717, 1.165) is 18.5 Å². The molecule has 1 N–H and O–H groups in total. The van der Waals surface area contributed by atoms with Crippen molar-refractivity contribution in [1.82, 2.24) is 5.32 Å². The van der Waals surface area contributed by atoms with Gasteiger partial charge in [-0.05, 0) is 80.8 Å². The SMILES string of the molecule is CCNC(Cc1ccc(I)cc1)c1cccc(F)c1Br. The molecule has 0 heterocycles. The lowest BCUT2D eigenvalue weighted by Gasteiger charge is -2.20. The highest BCUT2D eigenvalue weighted by atomic mass is 127. The summed E-state index contributed by atoms with van der Waals surface area (Å²) in [6, 6.07) is 13.7. The Hall–Kier alpha value is -0.460. The van der Waals surface area contributed by atoms with Crippen LogP contribution in [0.2, 0.25) is 0 Å². The maximum Gasteiger partial charge on any atom is 0.137 e. The standard InChI is InChI=1S/C16H16BrFIN/c1-2-20-15(10-11-6-8-12(19)9-7-11)13-4-3-5-14(18)16(13)17/h3-9,15,20H,2,10H2,1H3. The van der Waals surface area contributed by atoms with Gasteiger partial charge >= 0.3 is 0 Å². The minimum Gasteiger partial charge on any atom is -0.310 e. The van der Waals surface area contributed by atoms with Crippen LogP contribution in [-0.4, -0.2) is 6.54 Å². The maximum atomic E-state index is 13.7. The molecule has 2 aromatic carbocycles. The van der Waals surface area contributed by atoms with Gasteiger partial charge in [0.05, 0.1) is 4.47 Å². The fourth-order valence-electron chi connectivity index (χ4n) is 2.18. The van der Waals surface area contributed by atoms with Gasteiger partial charge in [0, 0.05) is 9.61 Å². The number of hydrogen-bond acceptors (Lipinski definition) is 1. The van der Waals surface area contributed by atoms with Crippen LogP contribution in [0.3, 0.4) is 0 Å². The lowest BCUT2D eigenvalue weighted by atomic mass is 9.98. The zero-order valence-corrected chi connectivity index (χ0v) is 14.9. The number of likely N-dealkylation sites (N-methyl/N-ethyl adjacent to an activating group) is 1. The van der Waals surface area contributed by atoms with Gasteiger partial charge in [-0.3, -0.25) is 0 Å². The predicted octanol–water partition coefficient (Wildman–Crippen LogP) is 5.09. The van der Waals surface area contributed by atoms with Gasteiger partial charge in [-0.25, -0.2) is 4.39 Å². The highest BCUT2D eigenvalue weighted by molar-refractivity contribution is 14.1. The average Bonchev–Trinajstić information content (AvgIpc) is 2.44. The molecule has 0 bridgehead atoms. The Morgan fingerprint density at radius 2 is 1.90 bits per heavy atom. The molecular formula is C16H16BrFIN. The van der Waals surface area contributed by atoms with Crippen molar-refractivity contribution < 1.29 is 4.39 Å². The van der Waals surface area contributed by atoms with E-state index >= 15 is 0 Å². The molecule has 0 aliphatic rings. The summed E-state index contributed by atoms with van der Waals surface area (Å²) in [5.41, 5.74) is 2.21. The van der Waals surface area contributed by atoms with E-state index < -0.39 is 0 Å². The van der Waals surface area contributed by atoms with E-state index in [2.05, 4.69) is 75.0 Å². The normalized spacial score (nSPS) is 12.4. The van der Waals surface area contributed by atoms with E-state index in [1.54, 1.807) is 6.07 Å². The second-order valence-electron chi connectivity index (χ2n) is 4.58. The molecule has 4 heteroatoms. The lowest BCUT2D eigenvalue weighted by Crippen LogP contribution is -2.23. The molecular weight excluding hydrogens is 432 g/mol. The highest BCUT2D eigenvalue weighted by Crippen LogP contribution is 2.28. The lowest BCUT2D eigenvalue weighted by molar-refractivity contribution is 0.538. The summed E-state index contributed by atoms with van der Waals surface area (Å²) in [5, 5.41) is 3.43. The Morgan fingerprint density at radius 1 is 1.20 bits per heavy atom. The molecule has 0 fully saturated rings. The first-order valence-electron chi connectivity index (χ1n) is 6.53. The van der Waals surface area contributed by atoms with Crippen LogP contribution in [-0.2, 0) is 6.42 Å². The maximum absolute atomic E-state index is 13.7. The van der Waals surface area contributed by atoms with Gasteiger partial charge in [0.1, 0.15) is 5.82 Å². The molecule has 0 saturated heterocycles. The van der Waals surface area contributed by atoms with E-state index in [4.69, 9.17) is 0 Å². The molecule has 0 amide bonds. The summed E-state index contributed by atoms with van der Waals surface area (Å²) in [6.45, 7) is 2.91. The number of rotatable bonds is 5. The Bertz CT molecular complexity index is 571. The number of hydrogen-bond donors (Lipinski definition) is 1. The molecule has 0 aliphatic heterocycles. The van der Waals surface area contributed by atoms with Gasteiger partial charge in [0.25, 0.3) is 0 Å². The van der Waals surface area contributed by atoms with E-state index in [1.807, 2.05) is 6.07 Å². The third-order valence-electron chi connectivity index (χ3n) is 3.16. The molecule has 106 valence electrons. The fraction of sp³-hybridized carbons (Fsp3) is 0.250. The van der Waals surface area contributed by atoms with E-state index in [-0.39, 0.29) is 11.9 Å². The van der Waals surface area contributed by atoms with Crippen molar-refractivity contribution in [3.8, 4) is 0 Å².